The second-order valence-electron chi connectivity index (χ2n) is 4.63. The fourth-order valence-corrected chi connectivity index (χ4v) is 2.09. The van der Waals surface area contributed by atoms with E-state index in [1.165, 1.54) is 11.6 Å². The molecule has 0 amide bonds. The van der Waals surface area contributed by atoms with Crippen molar-refractivity contribution in [2.24, 2.45) is 0 Å². The average molecular weight is 267 g/mol. The summed E-state index contributed by atoms with van der Waals surface area (Å²) < 4.78 is 13.6. The quantitative estimate of drug-likeness (QED) is 0.789. The maximum Gasteiger partial charge on any atom is 0.155 e. The summed E-state index contributed by atoms with van der Waals surface area (Å²) in [5, 5.41) is 7.06. The van der Waals surface area contributed by atoms with Crippen LogP contribution in [0, 0.1) is 5.82 Å². The average Bonchev–Trinajstić information content (AvgIpc) is 2.90. The standard InChI is InChI=1S/C16H14FN3/c17-14-9-5-4-8-13(14)11-16-18-15(19-20-16)10-12-6-2-1-3-7-12/h1-9H,10-11H2,(H,18,19,20). The zero-order chi connectivity index (χ0) is 13.8. The smallest absolute Gasteiger partial charge is 0.155 e. The van der Waals surface area contributed by atoms with E-state index < -0.39 is 0 Å². The van der Waals surface area contributed by atoms with Crippen molar-refractivity contribution in [2.75, 3.05) is 0 Å². The molecule has 3 rings (SSSR count). The molecule has 0 saturated carbocycles. The molecule has 0 atom stereocenters. The first kappa shape index (κ1) is 12.5. The minimum atomic E-state index is -0.220. The van der Waals surface area contributed by atoms with Gasteiger partial charge in [0.25, 0.3) is 0 Å². The van der Waals surface area contributed by atoms with Crippen LogP contribution in [0.3, 0.4) is 0 Å². The molecule has 0 saturated heterocycles. The van der Waals surface area contributed by atoms with E-state index in [2.05, 4.69) is 15.2 Å². The molecular formula is C16H14FN3. The maximum atomic E-state index is 13.6. The molecule has 0 bridgehead atoms. The van der Waals surface area contributed by atoms with Crippen LogP contribution in [0.4, 0.5) is 4.39 Å². The van der Waals surface area contributed by atoms with Gasteiger partial charge in [0.05, 0.1) is 0 Å². The van der Waals surface area contributed by atoms with E-state index in [0.717, 1.165) is 5.82 Å². The van der Waals surface area contributed by atoms with Crippen LogP contribution in [0.1, 0.15) is 22.8 Å². The molecule has 0 unspecified atom stereocenters. The third kappa shape index (κ3) is 2.91. The first-order valence-corrected chi connectivity index (χ1v) is 6.49. The van der Waals surface area contributed by atoms with Crippen molar-refractivity contribution in [2.45, 2.75) is 12.8 Å². The van der Waals surface area contributed by atoms with Crippen LogP contribution in [0.15, 0.2) is 54.6 Å². The van der Waals surface area contributed by atoms with Crippen molar-refractivity contribution in [1.29, 1.82) is 0 Å². The Labute approximate surface area is 116 Å². The summed E-state index contributed by atoms with van der Waals surface area (Å²) in [5.74, 6) is 1.19. The van der Waals surface area contributed by atoms with Gasteiger partial charge in [-0.1, -0.05) is 48.5 Å². The van der Waals surface area contributed by atoms with E-state index in [-0.39, 0.29) is 5.82 Å². The SMILES string of the molecule is Fc1ccccc1Cc1n[nH]c(Cc2ccccc2)n1. The second-order valence-corrected chi connectivity index (χ2v) is 4.63. The van der Waals surface area contributed by atoms with Gasteiger partial charge < -0.3 is 0 Å². The van der Waals surface area contributed by atoms with Gasteiger partial charge in [0.2, 0.25) is 0 Å². The Hall–Kier alpha value is -2.49. The Balaban J connectivity index is 1.73. The van der Waals surface area contributed by atoms with Gasteiger partial charge in [0.1, 0.15) is 11.6 Å². The summed E-state index contributed by atoms with van der Waals surface area (Å²) in [7, 11) is 0. The summed E-state index contributed by atoms with van der Waals surface area (Å²) >= 11 is 0. The van der Waals surface area contributed by atoms with Crippen LogP contribution >= 0.6 is 0 Å². The molecule has 3 nitrogen and oxygen atoms in total. The number of aromatic amines is 1. The maximum absolute atomic E-state index is 13.6. The van der Waals surface area contributed by atoms with Gasteiger partial charge in [-0.05, 0) is 17.2 Å². The summed E-state index contributed by atoms with van der Waals surface area (Å²) in [6.07, 6.45) is 1.10. The fraction of sp³-hybridized carbons (Fsp3) is 0.125. The molecule has 1 aromatic heterocycles. The van der Waals surface area contributed by atoms with Gasteiger partial charge in [-0.2, -0.15) is 5.10 Å². The van der Waals surface area contributed by atoms with Crippen LogP contribution in [0.25, 0.3) is 0 Å². The molecule has 4 heteroatoms. The van der Waals surface area contributed by atoms with Crippen molar-refractivity contribution in [3.63, 3.8) is 0 Å². The minimum absolute atomic E-state index is 0.220. The van der Waals surface area contributed by atoms with Gasteiger partial charge in [-0.3, -0.25) is 5.10 Å². The van der Waals surface area contributed by atoms with Gasteiger partial charge in [0, 0.05) is 12.8 Å². The van der Waals surface area contributed by atoms with E-state index in [9.17, 15) is 4.39 Å². The summed E-state index contributed by atoms with van der Waals surface area (Å²) in [6.45, 7) is 0. The highest BCUT2D eigenvalue weighted by molar-refractivity contribution is 5.22. The highest BCUT2D eigenvalue weighted by Crippen LogP contribution is 2.11. The van der Waals surface area contributed by atoms with E-state index in [1.54, 1.807) is 12.1 Å². The lowest BCUT2D eigenvalue weighted by Gasteiger charge is -1.98. The van der Waals surface area contributed by atoms with Crippen molar-refractivity contribution in [1.82, 2.24) is 15.2 Å². The normalized spacial score (nSPS) is 10.7. The molecule has 3 aromatic rings. The Kier molecular flexibility index (Phi) is 3.54. The van der Waals surface area contributed by atoms with Gasteiger partial charge in [0.15, 0.2) is 5.82 Å². The van der Waals surface area contributed by atoms with Gasteiger partial charge >= 0.3 is 0 Å². The van der Waals surface area contributed by atoms with E-state index in [1.807, 2.05) is 36.4 Å². The number of nitrogens with zero attached hydrogens (tertiary/aromatic N) is 2. The minimum Gasteiger partial charge on any atom is -0.263 e. The van der Waals surface area contributed by atoms with Crippen molar-refractivity contribution in [3.8, 4) is 0 Å². The van der Waals surface area contributed by atoms with E-state index in [4.69, 9.17) is 0 Å². The molecule has 0 aliphatic heterocycles. The molecule has 1 heterocycles. The fourth-order valence-electron chi connectivity index (χ4n) is 2.09. The second kappa shape index (κ2) is 5.65. The molecule has 1 N–H and O–H groups in total. The first-order chi connectivity index (χ1) is 9.81. The number of hydrogen-bond donors (Lipinski definition) is 1. The number of H-pyrrole nitrogens is 1. The monoisotopic (exact) mass is 267 g/mol. The number of aromatic nitrogens is 3. The molecular weight excluding hydrogens is 253 g/mol. The number of benzene rings is 2. The van der Waals surface area contributed by atoms with E-state index >= 15 is 0 Å². The predicted molar refractivity (Wildman–Crippen MR) is 74.8 cm³/mol. The highest BCUT2D eigenvalue weighted by Gasteiger charge is 2.07. The topological polar surface area (TPSA) is 41.6 Å². The molecule has 2 aromatic carbocycles. The van der Waals surface area contributed by atoms with Crippen molar-refractivity contribution >= 4 is 0 Å². The lowest BCUT2D eigenvalue weighted by atomic mass is 10.1. The number of nitrogens with one attached hydrogen (secondary N) is 1. The highest BCUT2D eigenvalue weighted by atomic mass is 19.1. The van der Waals surface area contributed by atoms with Crippen LogP contribution in [-0.4, -0.2) is 15.2 Å². The summed E-state index contributed by atoms with van der Waals surface area (Å²) in [4.78, 5) is 4.41. The molecule has 0 aliphatic carbocycles. The van der Waals surface area contributed by atoms with Crippen LogP contribution in [0.5, 0.6) is 0 Å². The largest absolute Gasteiger partial charge is 0.263 e. The zero-order valence-electron chi connectivity index (χ0n) is 10.9. The Bertz CT molecular complexity index is 692. The molecule has 0 fully saturated rings. The summed E-state index contributed by atoms with van der Waals surface area (Å²) in [6, 6.07) is 16.7. The molecule has 20 heavy (non-hydrogen) atoms. The lowest BCUT2D eigenvalue weighted by molar-refractivity contribution is 0.612. The lowest BCUT2D eigenvalue weighted by Crippen LogP contribution is -1.95. The Morgan fingerprint density at radius 1 is 0.900 bits per heavy atom. The number of hydrogen-bond acceptors (Lipinski definition) is 2. The molecule has 100 valence electrons. The third-order valence-electron chi connectivity index (χ3n) is 3.10. The molecule has 0 radical (unpaired) electrons. The van der Waals surface area contributed by atoms with Crippen LogP contribution < -0.4 is 0 Å². The van der Waals surface area contributed by atoms with Crippen molar-refractivity contribution < 1.29 is 4.39 Å². The van der Waals surface area contributed by atoms with Crippen molar-refractivity contribution in [3.05, 3.63) is 83.2 Å². The molecule has 0 aliphatic rings. The predicted octanol–water partition coefficient (Wildman–Crippen LogP) is 3.13. The zero-order valence-corrected chi connectivity index (χ0v) is 10.9. The van der Waals surface area contributed by atoms with Gasteiger partial charge in [-0.15, -0.1) is 0 Å². The van der Waals surface area contributed by atoms with E-state index in [0.29, 0.717) is 24.2 Å². The Morgan fingerprint density at radius 2 is 1.65 bits per heavy atom. The molecule has 0 spiro atoms. The third-order valence-corrected chi connectivity index (χ3v) is 3.10. The Morgan fingerprint density at radius 3 is 2.45 bits per heavy atom. The van der Waals surface area contributed by atoms with Crippen LogP contribution in [0.2, 0.25) is 0 Å². The summed E-state index contributed by atoms with van der Waals surface area (Å²) in [5.41, 5.74) is 1.78. The number of rotatable bonds is 4. The van der Waals surface area contributed by atoms with Crippen LogP contribution in [-0.2, 0) is 12.8 Å². The first-order valence-electron chi connectivity index (χ1n) is 6.49. The van der Waals surface area contributed by atoms with Gasteiger partial charge in [-0.25, -0.2) is 9.37 Å². The number of halogens is 1.